The van der Waals surface area contributed by atoms with Gasteiger partial charge in [0.1, 0.15) is 4.88 Å². The normalized spacial score (nSPS) is 11.8. The van der Waals surface area contributed by atoms with E-state index in [0.717, 1.165) is 23.5 Å². The number of carbonyl (C=O) groups is 1. The van der Waals surface area contributed by atoms with E-state index in [1.54, 1.807) is 6.07 Å². The lowest BCUT2D eigenvalue weighted by molar-refractivity contribution is 0.0702. The number of aryl methyl sites for hydroxylation is 1. The van der Waals surface area contributed by atoms with Gasteiger partial charge in [-0.3, -0.25) is 0 Å². The molecule has 0 spiro atoms. The van der Waals surface area contributed by atoms with Crippen molar-refractivity contribution in [2.75, 3.05) is 12.8 Å². The zero-order valence-corrected chi connectivity index (χ0v) is 12.3. The van der Waals surface area contributed by atoms with Crippen LogP contribution in [-0.2, 0) is 6.54 Å². The van der Waals surface area contributed by atoms with Gasteiger partial charge in [-0.15, -0.1) is 11.3 Å². The predicted octanol–water partition coefficient (Wildman–Crippen LogP) is 2.99. The Hall–Kier alpha value is -0.520. The van der Waals surface area contributed by atoms with E-state index in [1.807, 2.05) is 18.7 Å². The van der Waals surface area contributed by atoms with E-state index in [-0.39, 0.29) is 4.75 Å². The van der Waals surface area contributed by atoms with E-state index >= 15 is 0 Å². The number of carboxylic acids is 1. The van der Waals surface area contributed by atoms with E-state index in [1.165, 1.54) is 11.3 Å². The predicted molar refractivity (Wildman–Crippen MR) is 75.3 cm³/mol. The van der Waals surface area contributed by atoms with Crippen molar-refractivity contribution < 1.29 is 9.90 Å². The van der Waals surface area contributed by atoms with Crippen LogP contribution in [0.2, 0.25) is 0 Å². The van der Waals surface area contributed by atoms with Crippen molar-refractivity contribution in [1.82, 2.24) is 5.32 Å². The van der Waals surface area contributed by atoms with Crippen molar-refractivity contribution in [3.05, 3.63) is 21.4 Å². The Labute approximate surface area is 111 Å². The SMILES string of the molecule is CSC(C)(C)CNCc1cc(C(=O)O)sc1C. The number of rotatable bonds is 6. The number of carboxylic acid groups (broad SMARTS) is 1. The minimum atomic E-state index is -0.839. The number of nitrogens with one attached hydrogen (secondary N) is 1. The van der Waals surface area contributed by atoms with Gasteiger partial charge in [-0.2, -0.15) is 11.8 Å². The molecule has 3 nitrogen and oxygen atoms in total. The lowest BCUT2D eigenvalue weighted by Gasteiger charge is -2.22. The van der Waals surface area contributed by atoms with Crippen molar-refractivity contribution >= 4 is 29.1 Å². The van der Waals surface area contributed by atoms with Crippen LogP contribution in [0.25, 0.3) is 0 Å². The second-order valence-corrected chi connectivity index (χ2v) is 7.33. The van der Waals surface area contributed by atoms with Crippen LogP contribution in [0.3, 0.4) is 0 Å². The van der Waals surface area contributed by atoms with Crippen LogP contribution in [0.1, 0.15) is 34.0 Å². The Morgan fingerprint density at radius 2 is 2.24 bits per heavy atom. The molecule has 0 radical (unpaired) electrons. The topological polar surface area (TPSA) is 49.3 Å². The zero-order valence-electron chi connectivity index (χ0n) is 10.7. The molecule has 1 heterocycles. The zero-order chi connectivity index (χ0) is 13.1. The number of hydrogen-bond donors (Lipinski definition) is 2. The molecule has 5 heteroatoms. The first-order chi connectivity index (χ1) is 7.85. The molecule has 0 saturated carbocycles. The molecule has 1 aromatic heterocycles. The number of aromatic carboxylic acids is 1. The molecular formula is C12H19NO2S2. The third-order valence-electron chi connectivity index (χ3n) is 2.65. The van der Waals surface area contributed by atoms with Gasteiger partial charge in [0.05, 0.1) is 0 Å². The number of thiophene rings is 1. The molecule has 0 aliphatic rings. The van der Waals surface area contributed by atoms with Gasteiger partial charge in [-0.05, 0) is 38.7 Å². The maximum atomic E-state index is 10.8. The molecule has 0 aromatic carbocycles. The van der Waals surface area contributed by atoms with Crippen LogP contribution >= 0.6 is 23.1 Å². The van der Waals surface area contributed by atoms with E-state index in [2.05, 4.69) is 25.4 Å². The van der Waals surface area contributed by atoms with Crippen LogP contribution < -0.4 is 5.32 Å². The van der Waals surface area contributed by atoms with Crippen LogP contribution in [0.15, 0.2) is 6.07 Å². The first kappa shape index (κ1) is 14.5. The minimum absolute atomic E-state index is 0.208. The van der Waals surface area contributed by atoms with Crippen LogP contribution in [0.4, 0.5) is 0 Å². The Morgan fingerprint density at radius 3 is 2.71 bits per heavy atom. The third kappa shape index (κ3) is 4.33. The third-order valence-corrected chi connectivity index (χ3v) is 4.98. The minimum Gasteiger partial charge on any atom is -0.477 e. The van der Waals surface area contributed by atoms with Crippen molar-refractivity contribution in [2.24, 2.45) is 0 Å². The summed E-state index contributed by atoms with van der Waals surface area (Å²) in [5.41, 5.74) is 1.09. The maximum Gasteiger partial charge on any atom is 0.345 e. The van der Waals surface area contributed by atoms with Gasteiger partial charge in [0.25, 0.3) is 0 Å². The number of thioether (sulfide) groups is 1. The highest BCUT2D eigenvalue weighted by atomic mass is 32.2. The van der Waals surface area contributed by atoms with Gasteiger partial charge in [-0.1, -0.05) is 0 Å². The second-order valence-electron chi connectivity index (χ2n) is 4.56. The van der Waals surface area contributed by atoms with Crippen molar-refractivity contribution in [3.8, 4) is 0 Å². The quantitative estimate of drug-likeness (QED) is 0.836. The first-order valence-corrected chi connectivity index (χ1v) is 7.48. The Bertz CT molecular complexity index is 399. The summed E-state index contributed by atoms with van der Waals surface area (Å²) in [6.45, 7) is 7.99. The van der Waals surface area contributed by atoms with E-state index in [9.17, 15) is 4.79 Å². The van der Waals surface area contributed by atoms with Crippen LogP contribution in [0, 0.1) is 6.92 Å². The molecule has 1 aromatic rings. The summed E-state index contributed by atoms with van der Waals surface area (Å²) in [5.74, 6) is -0.839. The summed E-state index contributed by atoms with van der Waals surface area (Å²) in [7, 11) is 0. The molecule has 96 valence electrons. The van der Waals surface area contributed by atoms with Gasteiger partial charge < -0.3 is 10.4 Å². The molecule has 17 heavy (non-hydrogen) atoms. The van der Waals surface area contributed by atoms with E-state index in [4.69, 9.17) is 5.11 Å². The summed E-state index contributed by atoms with van der Waals surface area (Å²) in [4.78, 5) is 12.3. The lowest BCUT2D eigenvalue weighted by Crippen LogP contribution is -2.31. The standard InChI is InChI=1S/C12H19NO2S2/c1-8-9(5-10(17-8)11(14)15)6-13-7-12(2,3)16-4/h5,13H,6-7H2,1-4H3,(H,14,15). The molecule has 1 rings (SSSR count). The van der Waals surface area contributed by atoms with Crippen molar-refractivity contribution in [1.29, 1.82) is 0 Å². The first-order valence-electron chi connectivity index (χ1n) is 5.44. The van der Waals surface area contributed by atoms with Crippen LogP contribution in [0.5, 0.6) is 0 Å². The summed E-state index contributed by atoms with van der Waals surface area (Å²) in [6, 6.07) is 1.77. The van der Waals surface area contributed by atoms with Gasteiger partial charge >= 0.3 is 5.97 Å². The lowest BCUT2D eigenvalue weighted by atomic mass is 10.2. The molecule has 0 aliphatic carbocycles. The Balaban J connectivity index is 2.55. The maximum absolute atomic E-state index is 10.8. The Kier molecular flexibility index (Phi) is 5.04. The van der Waals surface area contributed by atoms with E-state index in [0.29, 0.717) is 4.88 Å². The Morgan fingerprint density at radius 1 is 1.59 bits per heavy atom. The largest absolute Gasteiger partial charge is 0.477 e. The summed E-state index contributed by atoms with van der Waals surface area (Å²) in [6.07, 6.45) is 2.10. The monoisotopic (exact) mass is 273 g/mol. The molecule has 0 saturated heterocycles. The van der Waals surface area contributed by atoms with Gasteiger partial charge in [0, 0.05) is 22.7 Å². The average molecular weight is 273 g/mol. The van der Waals surface area contributed by atoms with Crippen LogP contribution in [-0.4, -0.2) is 28.6 Å². The molecule has 0 atom stereocenters. The molecule has 0 amide bonds. The van der Waals surface area contributed by atoms with Crippen molar-refractivity contribution in [2.45, 2.75) is 32.1 Å². The summed E-state index contributed by atoms with van der Waals surface area (Å²) in [5, 5.41) is 12.3. The molecule has 0 aliphatic heterocycles. The molecule has 0 bridgehead atoms. The fourth-order valence-corrected chi connectivity index (χ4v) is 2.50. The fourth-order valence-electron chi connectivity index (χ4n) is 1.37. The smallest absolute Gasteiger partial charge is 0.345 e. The second kappa shape index (κ2) is 5.89. The highest BCUT2D eigenvalue weighted by Crippen LogP contribution is 2.23. The number of hydrogen-bond acceptors (Lipinski definition) is 4. The summed E-state index contributed by atoms with van der Waals surface area (Å²) < 4.78 is 0.208. The highest BCUT2D eigenvalue weighted by molar-refractivity contribution is 7.99. The van der Waals surface area contributed by atoms with Crippen molar-refractivity contribution in [3.63, 3.8) is 0 Å². The molecule has 0 fully saturated rings. The van der Waals surface area contributed by atoms with Gasteiger partial charge in [0.15, 0.2) is 0 Å². The molecular weight excluding hydrogens is 254 g/mol. The highest BCUT2D eigenvalue weighted by Gasteiger charge is 2.16. The molecule has 2 N–H and O–H groups in total. The van der Waals surface area contributed by atoms with Gasteiger partial charge in [-0.25, -0.2) is 4.79 Å². The summed E-state index contributed by atoms with van der Waals surface area (Å²) >= 11 is 3.16. The fraction of sp³-hybridized carbons (Fsp3) is 0.583. The molecule has 0 unspecified atom stereocenters. The van der Waals surface area contributed by atoms with E-state index < -0.39 is 5.97 Å². The van der Waals surface area contributed by atoms with Gasteiger partial charge in [0.2, 0.25) is 0 Å². The average Bonchev–Trinajstić information content (AvgIpc) is 2.60.